The zero-order valence-electron chi connectivity index (χ0n) is 18.0. The van der Waals surface area contributed by atoms with Crippen LogP contribution in [-0.4, -0.2) is 46.4 Å². The van der Waals surface area contributed by atoms with Gasteiger partial charge in [0, 0.05) is 36.6 Å². The number of hydrogen-bond acceptors (Lipinski definition) is 4. The van der Waals surface area contributed by atoms with Gasteiger partial charge in [0.05, 0.1) is 5.39 Å². The number of aryl methyl sites for hydroxylation is 2. The van der Waals surface area contributed by atoms with E-state index in [9.17, 15) is 18.7 Å². The molecule has 2 aromatic carbocycles. The summed E-state index contributed by atoms with van der Waals surface area (Å²) in [4.78, 5) is 19.7. The van der Waals surface area contributed by atoms with Crippen LogP contribution in [0.15, 0.2) is 47.3 Å². The molecule has 2 bridgehead atoms. The Morgan fingerprint density at radius 2 is 1.78 bits per heavy atom. The maximum absolute atomic E-state index is 14.1. The molecule has 5 nitrogen and oxygen atoms in total. The lowest BCUT2D eigenvalue weighted by Gasteiger charge is -2.44. The lowest BCUT2D eigenvalue weighted by atomic mass is 10.0. The Bertz CT molecular complexity index is 1180. The SMILES string of the molecule is Cc1ccc(F)c2c(=O)[nH]c(CCC(O)N3C4CCC3CN(c3ccc(F)cc3)C4)cc12. The van der Waals surface area contributed by atoms with Gasteiger partial charge < -0.3 is 15.0 Å². The highest BCUT2D eigenvalue weighted by atomic mass is 19.1. The Hall–Kier alpha value is -2.77. The summed E-state index contributed by atoms with van der Waals surface area (Å²) in [5.74, 6) is -0.760. The number of fused-ring (bicyclic) bond motifs is 3. The van der Waals surface area contributed by atoms with Crippen molar-refractivity contribution in [2.75, 3.05) is 18.0 Å². The van der Waals surface area contributed by atoms with Crippen molar-refractivity contribution >= 4 is 16.5 Å². The highest BCUT2D eigenvalue weighted by Crippen LogP contribution is 2.34. The average Bonchev–Trinajstić information content (AvgIpc) is 3.04. The second kappa shape index (κ2) is 8.30. The molecule has 2 aliphatic heterocycles. The number of aromatic amines is 1. The van der Waals surface area contributed by atoms with Crippen molar-refractivity contribution in [3.63, 3.8) is 0 Å². The molecule has 2 saturated heterocycles. The van der Waals surface area contributed by atoms with Gasteiger partial charge in [-0.1, -0.05) is 6.07 Å². The summed E-state index contributed by atoms with van der Waals surface area (Å²) in [6.07, 6.45) is 2.41. The molecule has 32 heavy (non-hydrogen) atoms. The van der Waals surface area contributed by atoms with E-state index in [4.69, 9.17) is 0 Å². The molecule has 168 valence electrons. The molecule has 3 aromatic rings. The van der Waals surface area contributed by atoms with Crippen molar-refractivity contribution < 1.29 is 13.9 Å². The van der Waals surface area contributed by atoms with Crippen LogP contribution in [0.4, 0.5) is 14.5 Å². The summed E-state index contributed by atoms with van der Waals surface area (Å²) in [5, 5.41) is 11.7. The van der Waals surface area contributed by atoms with E-state index in [0.717, 1.165) is 37.2 Å². The second-order valence-corrected chi connectivity index (χ2v) is 9.01. The van der Waals surface area contributed by atoms with Crippen molar-refractivity contribution in [3.05, 3.63) is 75.7 Å². The van der Waals surface area contributed by atoms with Gasteiger partial charge in [-0.2, -0.15) is 0 Å². The molecule has 0 radical (unpaired) electrons. The quantitative estimate of drug-likeness (QED) is 0.636. The molecule has 0 amide bonds. The van der Waals surface area contributed by atoms with E-state index >= 15 is 0 Å². The summed E-state index contributed by atoms with van der Waals surface area (Å²) in [7, 11) is 0. The number of hydrogen-bond donors (Lipinski definition) is 2. The minimum Gasteiger partial charge on any atom is -0.378 e. The zero-order valence-corrected chi connectivity index (χ0v) is 18.0. The van der Waals surface area contributed by atoms with Crippen molar-refractivity contribution in [1.82, 2.24) is 9.88 Å². The van der Waals surface area contributed by atoms with Crippen molar-refractivity contribution in [2.45, 2.75) is 50.9 Å². The number of aromatic nitrogens is 1. The van der Waals surface area contributed by atoms with Gasteiger partial charge in [0.25, 0.3) is 5.56 Å². The largest absolute Gasteiger partial charge is 0.378 e. The van der Waals surface area contributed by atoms with Crippen molar-refractivity contribution in [3.8, 4) is 0 Å². The third-order valence-electron chi connectivity index (χ3n) is 6.98. The first kappa shape index (κ1) is 21.1. The van der Waals surface area contributed by atoms with E-state index in [1.54, 1.807) is 6.07 Å². The number of nitrogens with one attached hydrogen (secondary N) is 1. The van der Waals surface area contributed by atoms with Crippen LogP contribution in [0.2, 0.25) is 0 Å². The van der Waals surface area contributed by atoms with E-state index in [1.807, 2.05) is 25.1 Å². The number of halogens is 2. The number of aliphatic hydroxyl groups excluding tert-OH is 1. The predicted molar refractivity (Wildman–Crippen MR) is 121 cm³/mol. The third kappa shape index (κ3) is 3.80. The Labute approximate surface area is 185 Å². The van der Waals surface area contributed by atoms with Gasteiger partial charge in [-0.05, 0) is 80.0 Å². The molecule has 7 heteroatoms. The van der Waals surface area contributed by atoms with Gasteiger partial charge in [0.15, 0.2) is 0 Å². The van der Waals surface area contributed by atoms with Gasteiger partial charge in [-0.25, -0.2) is 8.78 Å². The molecule has 0 spiro atoms. The number of pyridine rings is 1. The molecule has 2 N–H and O–H groups in total. The fourth-order valence-corrected chi connectivity index (χ4v) is 5.39. The molecule has 2 fully saturated rings. The van der Waals surface area contributed by atoms with Crippen LogP contribution in [0, 0.1) is 18.6 Å². The fraction of sp³-hybridized carbons (Fsp3) is 0.400. The van der Waals surface area contributed by atoms with Crippen LogP contribution in [0.5, 0.6) is 0 Å². The standard InChI is InChI=1S/C25H27F2N3O2/c1-15-2-10-22(27)24-21(15)12-17(28-25(24)32)5-11-23(31)30-19-8-9-20(30)14-29(13-19)18-6-3-16(26)4-7-18/h2-4,6-7,10,12,19-20,23,31H,5,8-9,11,13-14H2,1H3,(H,28,32). The minimum absolute atomic E-state index is 0.0873. The maximum Gasteiger partial charge on any atom is 0.259 e. The van der Waals surface area contributed by atoms with Gasteiger partial charge >= 0.3 is 0 Å². The molecule has 0 saturated carbocycles. The molecule has 0 aliphatic carbocycles. The van der Waals surface area contributed by atoms with Gasteiger partial charge in [-0.3, -0.25) is 9.69 Å². The van der Waals surface area contributed by atoms with Crippen LogP contribution in [0.3, 0.4) is 0 Å². The van der Waals surface area contributed by atoms with Crippen molar-refractivity contribution in [2.24, 2.45) is 0 Å². The van der Waals surface area contributed by atoms with Gasteiger partial charge in [0.1, 0.15) is 17.9 Å². The molecule has 2 aliphatic rings. The van der Waals surface area contributed by atoms with Crippen LogP contribution >= 0.6 is 0 Å². The zero-order chi connectivity index (χ0) is 22.4. The number of rotatable bonds is 5. The lowest BCUT2D eigenvalue weighted by Crippen LogP contribution is -2.57. The molecule has 3 atom stereocenters. The highest BCUT2D eigenvalue weighted by molar-refractivity contribution is 5.85. The van der Waals surface area contributed by atoms with E-state index in [2.05, 4.69) is 14.8 Å². The fourth-order valence-electron chi connectivity index (χ4n) is 5.39. The highest BCUT2D eigenvalue weighted by Gasteiger charge is 2.42. The van der Waals surface area contributed by atoms with Crippen LogP contribution < -0.4 is 10.5 Å². The third-order valence-corrected chi connectivity index (χ3v) is 6.98. The first-order valence-corrected chi connectivity index (χ1v) is 11.2. The molecular weight excluding hydrogens is 412 g/mol. The van der Waals surface area contributed by atoms with Crippen LogP contribution in [-0.2, 0) is 6.42 Å². The molecule has 3 unspecified atom stereocenters. The van der Waals surface area contributed by atoms with E-state index < -0.39 is 17.6 Å². The molecule has 3 heterocycles. The Morgan fingerprint density at radius 3 is 2.47 bits per heavy atom. The maximum atomic E-state index is 14.1. The average molecular weight is 440 g/mol. The Kier molecular flexibility index (Phi) is 5.47. The first-order valence-electron chi connectivity index (χ1n) is 11.2. The van der Waals surface area contributed by atoms with Crippen molar-refractivity contribution in [1.29, 1.82) is 0 Å². The van der Waals surface area contributed by atoms with E-state index in [-0.39, 0.29) is 23.3 Å². The second-order valence-electron chi connectivity index (χ2n) is 9.01. The predicted octanol–water partition coefficient (Wildman–Crippen LogP) is 3.72. The number of anilines is 1. The van der Waals surface area contributed by atoms with Gasteiger partial charge in [0.2, 0.25) is 0 Å². The molecular formula is C25H27F2N3O2. The summed E-state index contributed by atoms with van der Waals surface area (Å²) in [6.45, 7) is 3.45. The summed E-state index contributed by atoms with van der Waals surface area (Å²) >= 11 is 0. The summed E-state index contributed by atoms with van der Waals surface area (Å²) in [5.41, 5.74) is 2.13. The normalized spacial score (nSPS) is 21.9. The Morgan fingerprint density at radius 1 is 1.09 bits per heavy atom. The topological polar surface area (TPSA) is 59.6 Å². The first-order chi connectivity index (χ1) is 15.4. The molecule has 1 aromatic heterocycles. The summed E-state index contributed by atoms with van der Waals surface area (Å²) < 4.78 is 27.4. The van der Waals surface area contributed by atoms with E-state index in [0.29, 0.717) is 23.9 Å². The van der Waals surface area contributed by atoms with Crippen LogP contribution in [0.1, 0.15) is 30.5 Å². The number of piperazine rings is 1. The van der Waals surface area contributed by atoms with E-state index in [1.165, 1.54) is 18.2 Å². The summed E-state index contributed by atoms with van der Waals surface area (Å²) in [6, 6.07) is 11.9. The monoisotopic (exact) mass is 439 g/mol. The minimum atomic E-state index is -0.615. The Balaban J connectivity index is 1.28. The number of H-pyrrole nitrogens is 1. The van der Waals surface area contributed by atoms with Gasteiger partial charge in [-0.15, -0.1) is 0 Å². The number of nitrogens with zero attached hydrogens (tertiary/aromatic N) is 2. The molecule has 5 rings (SSSR count). The number of benzene rings is 2. The number of aliphatic hydroxyl groups is 1. The lowest BCUT2D eigenvalue weighted by molar-refractivity contribution is -0.0403. The van der Waals surface area contributed by atoms with Crippen LogP contribution in [0.25, 0.3) is 10.8 Å². The smallest absolute Gasteiger partial charge is 0.259 e.